The molecule has 0 fully saturated rings. The molecule has 1 aromatic carbocycles. The average Bonchev–Trinajstić information content (AvgIpc) is 3.02. The van der Waals surface area contributed by atoms with E-state index in [9.17, 15) is 9.18 Å². The molecule has 0 spiro atoms. The Morgan fingerprint density at radius 2 is 2.00 bits per heavy atom. The fourth-order valence-electron chi connectivity index (χ4n) is 2.73. The summed E-state index contributed by atoms with van der Waals surface area (Å²) in [6, 6.07) is 8.40. The number of allylic oxidation sites excluding steroid dienone is 5. The summed E-state index contributed by atoms with van der Waals surface area (Å²) < 4.78 is 14.1. The normalized spacial score (nSPS) is 11.3. The summed E-state index contributed by atoms with van der Waals surface area (Å²) in [5, 5.41) is 3.08. The second-order valence-electron chi connectivity index (χ2n) is 6.41. The maximum absolute atomic E-state index is 14.1. The number of halogens is 1. The van der Waals surface area contributed by atoms with E-state index in [4.69, 9.17) is 0 Å². The van der Waals surface area contributed by atoms with Crippen LogP contribution in [0.5, 0.6) is 0 Å². The molecule has 2 N–H and O–H groups in total. The number of hydrogen-bond acceptors (Lipinski definition) is 2. The second-order valence-corrected chi connectivity index (χ2v) is 6.41. The Morgan fingerprint density at radius 3 is 2.62 bits per heavy atom. The summed E-state index contributed by atoms with van der Waals surface area (Å²) >= 11 is 0. The van der Waals surface area contributed by atoms with Crippen molar-refractivity contribution in [3.63, 3.8) is 0 Å². The molecule has 0 atom stereocenters. The molecule has 0 aliphatic rings. The maximum atomic E-state index is 14.1. The molecule has 26 heavy (non-hydrogen) atoms. The molecule has 1 aromatic heterocycles. The predicted molar refractivity (Wildman–Crippen MR) is 107 cm³/mol. The number of likely N-dealkylation sites (N-methyl/N-ethyl adjacent to an activating group) is 1. The second kappa shape index (κ2) is 9.11. The van der Waals surface area contributed by atoms with Crippen molar-refractivity contribution >= 4 is 17.4 Å². The first-order chi connectivity index (χ1) is 12.5. The van der Waals surface area contributed by atoms with Gasteiger partial charge in [-0.3, -0.25) is 4.79 Å². The number of nitrogens with one attached hydrogen (secondary N) is 2. The highest BCUT2D eigenvalue weighted by molar-refractivity contribution is 5.88. The highest BCUT2D eigenvalue weighted by Crippen LogP contribution is 2.26. The lowest BCUT2D eigenvalue weighted by Gasteiger charge is -2.06. The van der Waals surface area contributed by atoms with E-state index in [0.717, 1.165) is 41.8 Å². The molecule has 4 heteroatoms. The zero-order valence-electron chi connectivity index (χ0n) is 15.5. The largest absolute Gasteiger partial charge is 0.358 e. The first-order valence-electron chi connectivity index (χ1n) is 8.58. The first kappa shape index (κ1) is 19.6. The third-order valence-electron chi connectivity index (χ3n) is 3.99. The van der Waals surface area contributed by atoms with Gasteiger partial charge in [0.1, 0.15) is 5.82 Å². The Balaban J connectivity index is 2.47. The minimum atomic E-state index is -0.305. The number of hydrogen-bond donors (Lipinski definition) is 2. The fraction of sp³-hybridized carbons (Fsp3) is 0.227. The standard InChI is InChI=1S/C22H25FN2O/c1-15(2)11-17(12-16(3)19-7-5-6-8-20(19)23)22-13-18(14-26)21(25-22)9-10-24-4/h5-8,11-14,24-25H,3,9-10H2,1-2,4H3/b17-12+. The lowest BCUT2D eigenvalue weighted by Crippen LogP contribution is -2.11. The monoisotopic (exact) mass is 352 g/mol. The van der Waals surface area contributed by atoms with E-state index in [1.165, 1.54) is 6.07 Å². The summed E-state index contributed by atoms with van der Waals surface area (Å²) in [4.78, 5) is 14.7. The van der Waals surface area contributed by atoms with Crippen LogP contribution in [0.4, 0.5) is 4.39 Å². The van der Waals surface area contributed by atoms with Crippen molar-refractivity contribution in [2.75, 3.05) is 13.6 Å². The van der Waals surface area contributed by atoms with Crippen molar-refractivity contribution in [1.82, 2.24) is 10.3 Å². The number of rotatable bonds is 8. The van der Waals surface area contributed by atoms with Crippen molar-refractivity contribution < 1.29 is 9.18 Å². The first-order valence-corrected chi connectivity index (χ1v) is 8.58. The van der Waals surface area contributed by atoms with Crippen LogP contribution in [0.2, 0.25) is 0 Å². The van der Waals surface area contributed by atoms with Gasteiger partial charge in [-0.15, -0.1) is 0 Å². The molecule has 0 unspecified atom stereocenters. The van der Waals surface area contributed by atoms with Crippen LogP contribution in [0.3, 0.4) is 0 Å². The molecule has 0 amide bonds. The van der Waals surface area contributed by atoms with E-state index in [2.05, 4.69) is 16.9 Å². The van der Waals surface area contributed by atoms with Crippen molar-refractivity contribution in [3.05, 3.63) is 83.0 Å². The van der Waals surface area contributed by atoms with Gasteiger partial charge in [0.15, 0.2) is 6.29 Å². The highest BCUT2D eigenvalue weighted by atomic mass is 19.1. The molecular formula is C22H25FN2O. The Hall–Kier alpha value is -2.72. The van der Waals surface area contributed by atoms with Crippen molar-refractivity contribution in [2.45, 2.75) is 20.3 Å². The van der Waals surface area contributed by atoms with Gasteiger partial charge in [0.05, 0.1) is 0 Å². The SMILES string of the molecule is C=C(/C=C(\C=C(C)C)c1cc(C=O)c(CCNC)[nH]1)c1ccccc1F. The Labute approximate surface area is 154 Å². The molecule has 0 radical (unpaired) electrons. The number of aromatic amines is 1. The zero-order valence-corrected chi connectivity index (χ0v) is 15.5. The number of H-pyrrole nitrogens is 1. The summed E-state index contributed by atoms with van der Waals surface area (Å²) in [5.41, 5.74) is 5.33. The number of carbonyl (C=O) groups is 1. The van der Waals surface area contributed by atoms with Crippen LogP contribution in [-0.2, 0) is 6.42 Å². The molecule has 0 aliphatic carbocycles. The van der Waals surface area contributed by atoms with Crippen molar-refractivity contribution in [3.8, 4) is 0 Å². The van der Waals surface area contributed by atoms with E-state index in [-0.39, 0.29) is 5.82 Å². The van der Waals surface area contributed by atoms with E-state index in [0.29, 0.717) is 16.7 Å². The molecule has 2 rings (SSSR count). The summed E-state index contributed by atoms with van der Waals surface area (Å²) in [5.74, 6) is -0.305. The van der Waals surface area contributed by atoms with Crippen LogP contribution < -0.4 is 5.32 Å². The third kappa shape index (κ3) is 4.90. The van der Waals surface area contributed by atoms with E-state index in [1.54, 1.807) is 18.2 Å². The molecule has 1 heterocycles. The van der Waals surface area contributed by atoms with E-state index >= 15 is 0 Å². The van der Waals surface area contributed by atoms with E-state index < -0.39 is 0 Å². The van der Waals surface area contributed by atoms with Gasteiger partial charge in [-0.25, -0.2) is 4.39 Å². The molecule has 0 aliphatic heterocycles. The van der Waals surface area contributed by atoms with Crippen LogP contribution in [0.1, 0.15) is 41.2 Å². The molecule has 136 valence electrons. The minimum absolute atomic E-state index is 0.305. The Kier molecular flexibility index (Phi) is 6.87. The number of carbonyl (C=O) groups excluding carboxylic acids is 1. The van der Waals surface area contributed by atoms with Crippen LogP contribution in [-0.4, -0.2) is 24.9 Å². The van der Waals surface area contributed by atoms with Gasteiger partial charge in [0, 0.05) is 35.5 Å². The lowest BCUT2D eigenvalue weighted by molar-refractivity contribution is 0.112. The van der Waals surface area contributed by atoms with Gasteiger partial charge in [-0.1, -0.05) is 36.4 Å². The van der Waals surface area contributed by atoms with E-state index in [1.807, 2.05) is 39.1 Å². The average molecular weight is 352 g/mol. The van der Waals surface area contributed by atoms with Crippen LogP contribution >= 0.6 is 0 Å². The molecule has 0 saturated carbocycles. The van der Waals surface area contributed by atoms with Gasteiger partial charge < -0.3 is 10.3 Å². The summed E-state index contributed by atoms with van der Waals surface area (Å²) in [6.45, 7) is 8.77. The topological polar surface area (TPSA) is 44.9 Å². The van der Waals surface area contributed by atoms with Crippen LogP contribution in [0.15, 0.2) is 54.6 Å². The van der Waals surface area contributed by atoms with Crippen molar-refractivity contribution in [2.24, 2.45) is 0 Å². The maximum Gasteiger partial charge on any atom is 0.151 e. The van der Waals surface area contributed by atoms with Crippen molar-refractivity contribution in [1.29, 1.82) is 0 Å². The summed E-state index contributed by atoms with van der Waals surface area (Å²) in [6.07, 6.45) is 5.42. The number of aromatic nitrogens is 1. The van der Waals surface area contributed by atoms with Crippen LogP contribution in [0.25, 0.3) is 11.1 Å². The van der Waals surface area contributed by atoms with Gasteiger partial charge in [-0.2, -0.15) is 0 Å². The van der Waals surface area contributed by atoms with Gasteiger partial charge in [0.2, 0.25) is 0 Å². The smallest absolute Gasteiger partial charge is 0.151 e. The molecule has 0 saturated heterocycles. The molecular weight excluding hydrogens is 327 g/mol. The lowest BCUT2D eigenvalue weighted by atomic mass is 10.0. The van der Waals surface area contributed by atoms with Gasteiger partial charge in [-0.05, 0) is 50.3 Å². The molecule has 2 aromatic rings. The minimum Gasteiger partial charge on any atom is -0.358 e. The fourth-order valence-corrected chi connectivity index (χ4v) is 2.73. The van der Waals surface area contributed by atoms with Crippen LogP contribution in [0, 0.1) is 5.82 Å². The number of aldehydes is 1. The molecule has 3 nitrogen and oxygen atoms in total. The summed E-state index contributed by atoms with van der Waals surface area (Å²) in [7, 11) is 1.87. The Bertz CT molecular complexity index is 855. The quantitative estimate of drug-likeness (QED) is 0.530. The highest BCUT2D eigenvalue weighted by Gasteiger charge is 2.11. The number of benzene rings is 1. The van der Waals surface area contributed by atoms with Gasteiger partial charge in [0.25, 0.3) is 0 Å². The third-order valence-corrected chi connectivity index (χ3v) is 3.99. The predicted octanol–water partition coefficient (Wildman–Crippen LogP) is 4.79. The molecule has 0 bridgehead atoms. The van der Waals surface area contributed by atoms with Gasteiger partial charge >= 0.3 is 0 Å². The Morgan fingerprint density at radius 1 is 1.27 bits per heavy atom. The zero-order chi connectivity index (χ0) is 19.1.